The van der Waals surface area contributed by atoms with E-state index in [1.54, 1.807) is 18.2 Å². The first kappa shape index (κ1) is 15.6. The minimum atomic E-state index is -0.832. The molecule has 1 aromatic carbocycles. The Hall–Kier alpha value is -0.750. The summed E-state index contributed by atoms with van der Waals surface area (Å²) >= 11 is 12.0. The molecule has 108 valence electrons. The summed E-state index contributed by atoms with van der Waals surface area (Å²) in [7, 11) is 0. The predicted octanol–water partition coefficient (Wildman–Crippen LogP) is 5.14. The largest absolute Gasteiger partial charge is 0.387 e. The zero-order valence-electron chi connectivity index (χ0n) is 11.6. The molecule has 2 nitrogen and oxygen atoms in total. The number of aliphatic hydroxyl groups is 1. The zero-order chi connectivity index (χ0) is 14.8. The molecular formula is C16H19Cl2NO. The van der Waals surface area contributed by atoms with Crippen molar-refractivity contribution in [1.29, 1.82) is 5.26 Å². The number of nitrogens with zero attached hydrogens (tertiary/aromatic N) is 1. The zero-order valence-corrected chi connectivity index (χ0v) is 13.1. The summed E-state index contributed by atoms with van der Waals surface area (Å²) in [5, 5.41) is 21.2. The van der Waals surface area contributed by atoms with E-state index in [9.17, 15) is 10.4 Å². The molecular weight excluding hydrogens is 293 g/mol. The van der Waals surface area contributed by atoms with E-state index in [1.807, 2.05) is 0 Å². The van der Waals surface area contributed by atoms with E-state index in [0.29, 0.717) is 21.5 Å². The first-order valence-electron chi connectivity index (χ1n) is 7.06. The Labute approximate surface area is 130 Å². The van der Waals surface area contributed by atoms with Crippen LogP contribution in [0.4, 0.5) is 0 Å². The van der Waals surface area contributed by atoms with E-state index in [2.05, 4.69) is 13.0 Å². The number of benzene rings is 1. The van der Waals surface area contributed by atoms with Crippen LogP contribution in [-0.4, -0.2) is 5.11 Å². The Morgan fingerprint density at radius 2 is 1.85 bits per heavy atom. The summed E-state index contributed by atoms with van der Waals surface area (Å²) in [6, 6.07) is 7.39. The highest BCUT2D eigenvalue weighted by molar-refractivity contribution is 6.34. The van der Waals surface area contributed by atoms with Crippen molar-refractivity contribution in [3.63, 3.8) is 0 Å². The maximum Gasteiger partial charge on any atom is 0.0977 e. The lowest BCUT2D eigenvalue weighted by Crippen LogP contribution is -2.32. The van der Waals surface area contributed by atoms with Crippen LogP contribution in [0.15, 0.2) is 18.2 Å². The first-order chi connectivity index (χ1) is 9.50. The number of hydrogen-bond acceptors (Lipinski definition) is 2. The molecule has 1 N–H and O–H groups in total. The van der Waals surface area contributed by atoms with E-state index in [1.165, 1.54) is 0 Å². The van der Waals surface area contributed by atoms with Crippen LogP contribution in [0.25, 0.3) is 0 Å². The summed E-state index contributed by atoms with van der Waals surface area (Å²) in [6.45, 7) is 2.18. The van der Waals surface area contributed by atoms with Gasteiger partial charge in [0.2, 0.25) is 0 Å². The SMILES string of the molecule is CCC1CCC(C#N)(C(O)c2cc(Cl)cc(Cl)c2)CC1. The first-order valence-corrected chi connectivity index (χ1v) is 7.81. The number of aliphatic hydroxyl groups excluding tert-OH is 1. The van der Waals surface area contributed by atoms with Gasteiger partial charge in [-0.2, -0.15) is 5.26 Å². The molecule has 1 fully saturated rings. The Morgan fingerprint density at radius 3 is 2.30 bits per heavy atom. The van der Waals surface area contributed by atoms with Crippen molar-refractivity contribution < 1.29 is 5.11 Å². The molecule has 0 radical (unpaired) electrons. The van der Waals surface area contributed by atoms with Crippen molar-refractivity contribution in [2.45, 2.75) is 45.1 Å². The molecule has 4 heteroatoms. The molecule has 1 aliphatic rings. The summed E-state index contributed by atoms with van der Waals surface area (Å²) in [6.07, 6.45) is 3.76. The summed E-state index contributed by atoms with van der Waals surface area (Å²) in [5.74, 6) is 0.673. The van der Waals surface area contributed by atoms with Crippen LogP contribution in [0, 0.1) is 22.7 Å². The van der Waals surface area contributed by atoms with Crippen LogP contribution in [0.2, 0.25) is 10.0 Å². The molecule has 2 rings (SSSR count). The Kier molecular flexibility index (Phi) is 4.96. The average molecular weight is 312 g/mol. The third-order valence-electron chi connectivity index (χ3n) is 4.52. The van der Waals surface area contributed by atoms with Gasteiger partial charge < -0.3 is 5.11 Å². The minimum Gasteiger partial charge on any atom is -0.387 e. The van der Waals surface area contributed by atoms with Gasteiger partial charge in [0.05, 0.1) is 17.6 Å². The van der Waals surface area contributed by atoms with Gasteiger partial charge in [0.1, 0.15) is 0 Å². The fourth-order valence-electron chi connectivity index (χ4n) is 3.10. The topological polar surface area (TPSA) is 44.0 Å². The maximum atomic E-state index is 10.7. The molecule has 1 atom stereocenters. The second kappa shape index (κ2) is 6.35. The van der Waals surface area contributed by atoms with Crippen molar-refractivity contribution in [3.05, 3.63) is 33.8 Å². The van der Waals surface area contributed by atoms with Crippen molar-refractivity contribution in [2.24, 2.45) is 11.3 Å². The lowest BCUT2D eigenvalue weighted by Gasteiger charge is -2.38. The van der Waals surface area contributed by atoms with Gasteiger partial charge in [0.25, 0.3) is 0 Å². The van der Waals surface area contributed by atoms with Gasteiger partial charge >= 0.3 is 0 Å². The highest BCUT2D eigenvalue weighted by atomic mass is 35.5. The predicted molar refractivity (Wildman–Crippen MR) is 81.7 cm³/mol. The molecule has 0 aliphatic heterocycles. The van der Waals surface area contributed by atoms with Crippen molar-refractivity contribution >= 4 is 23.2 Å². The fraction of sp³-hybridized carbons (Fsp3) is 0.562. The van der Waals surface area contributed by atoms with E-state index in [4.69, 9.17) is 23.2 Å². The summed E-state index contributed by atoms with van der Waals surface area (Å²) in [5.41, 5.74) is -0.0707. The molecule has 0 saturated heterocycles. The second-order valence-electron chi connectivity index (χ2n) is 5.72. The Bertz CT molecular complexity index is 495. The summed E-state index contributed by atoms with van der Waals surface area (Å²) in [4.78, 5) is 0. The maximum absolute atomic E-state index is 10.7. The number of halogens is 2. The smallest absolute Gasteiger partial charge is 0.0977 e. The molecule has 0 bridgehead atoms. The van der Waals surface area contributed by atoms with Gasteiger partial charge in [0, 0.05) is 10.0 Å². The second-order valence-corrected chi connectivity index (χ2v) is 6.60. The molecule has 0 spiro atoms. The number of nitriles is 1. The van der Waals surface area contributed by atoms with Crippen LogP contribution < -0.4 is 0 Å². The van der Waals surface area contributed by atoms with Crippen molar-refractivity contribution in [3.8, 4) is 6.07 Å². The van der Waals surface area contributed by atoms with Crippen molar-refractivity contribution in [2.75, 3.05) is 0 Å². The molecule has 1 saturated carbocycles. The van der Waals surface area contributed by atoms with Gasteiger partial charge in [-0.15, -0.1) is 0 Å². The Morgan fingerprint density at radius 1 is 1.30 bits per heavy atom. The molecule has 0 heterocycles. The quantitative estimate of drug-likeness (QED) is 0.840. The van der Waals surface area contributed by atoms with E-state index in [0.717, 1.165) is 32.1 Å². The van der Waals surface area contributed by atoms with Gasteiger partial charge in [0.15, 0.2) is 0 Å². The number of hydrogen-bond donors (Lipinski definition) is 1. The Balaban J connectivity index is 2.25. The molecule has 0 aromatic heterocycles. The molecule has 1 unspecified atom stereocenters. The average Bonchev–Trinajstić information content (AvgIpc) is 2.45. The van der Waals surface area contributed by atoms with Crippen LogP contribution in [-0.2, 0) is 0 Å². The minimum absolute atomic E-state index is 0.488. The third-order valence-corrected chi connectivity index (χ3v) is 4.96. The van der Waals surface area contributed by atoms with E-state index >= 15 is 0 Å². The molecule has 1 aliphatic carbocycles. The van der Waals surface area contributed by atoms with Crippen molar-refractivity contribution in [1.82, 2.24) is 0 Å². The third kappa shape index (κ3) is 3.11. The summed E-state index contributed by atoms with van der Waals surface area (Å²) < 4.78 is 0. The standard InChI is InChI=1S/C16H19Cl2NO/c1-2-11-3-5-16(10-19,6-4-11)15(20)12-7-13(17)9-14(18)8-12/h7-9,11,15,20H,2-6H2,1H3. The highest BCUT2D eigenvalue weighted by Gasteiger charge is 2.42. The normalized spacial score (nSPS) is 27.9. The van der Waals surface area contributed by atoms with Crippen LogP contribution in [0.1, 0.15) is 50.7 Å². The van der Waals surface area contributed by atoms with Crippen LogP contribution >= 0.6 is 23.2 Å². The molecule has 20 heavy (non-hydrogen) atoms. The van der Waals surface area contributed by atoms with Gasteiger partial charge in [-0.05, 0) is 55.4 Å². The lowest BCUT2D eigenvalue weighted by molar-refractivity contribution is 0.0243. The highest BCUT2D eigenvalue weighted by Crippen LogP contribution is 2.48. The fourth-order valence-corrected chi connectivity index (χ4v) is 3.64. The van der Waals surface area contributed by atoms with Gasteiger partial charge in [-0.25, -0.2) is 0 Å². The van der Waals surface area contributed by atoms with E-state index < -0.39 is 11.5 Å². The van der Waals surface area contributed by atoms with Gasteiger partial charge in [-0.3, -0.25) is 0 Å². The molecule has 1 aromatic rings. The molecule has 0 amide bonds. The monoisotopic (exact) mass is 311 g/mol. The lowest BCUT2D eigenvalue weighted by atomic mass is 9.66. The van der Waals surface area contributed by atoms with E-state index in [-0.39, 0.29) is 0 Å². The van der Waals surface area contributed by atoms with Crippen LogP contribution in [0.3, 0.4) is 0 Å². The van der Waals surface area contributed by atoms with Gasteiger partial charge in [-0.1, -0.05) is 36.5 Å². The number of rotatable bonds is 3. The van der Waals surface area contributed by atoms with Crippen LogP contribution in [0.5, 0.6) is 0 Å².